The van der Waals surface area contributed by atoms with Crippen molar-refractivity contribution in [3.8, 4) is 17.2 Å². The van der Waals surface area contributed by atoms with Gasteiger partial charge in [0.1, 0.15) is 0 Å². The SMILES string of the molecule is CCCCN(C(=O)CN1C[C@H](c2cc(OC)c3c(c2)OCO3)C(C(=O)O)[C@@H]1CCn1ccnc1)c1cccc(CN)c1. The van der Waals surface area contributed by atoms with Gasteiger partial charge in [0.25, 0.3) is 0 Å². The predicted molar refractivity (Wildman–Crippen MR) is 157 cm³/mol. The molecule has 0 bridgehead atoms. The number of carbonyl (C=O) groups is 2. The van der Waals surface area contributed by atoms with Gasteiger partial charge in [-0.05, 0) is 48.2 Å². The highest BCUT2D eigenvalue weighted by molar-refractivity contribution is 5.95. The standard InChI is InChI=1S/C31H39N5O6/c1-3-4-10-36(23-7-5-6-21(13-23)16-32)28(37)18-35-17-24(22-14-26(40-2)30-27(15-22)41-20-42-30)29(31(38)39)25(35)8-11-34-12-9-33-19-34/h5-7,9,12-15,19,24-25,29H,3-4,8,10-11,16-18,20,32H2,1-2H3,(H,38,39)/t24-,25+,29?/m1/s1. The summed E-state index contributed by atoms with van der Waals surface area (Å²) in [6, 6.07) is 11.0. The Morgan fingerprint density at radius 3 is 2.81 bits per heavy atom. The summed E-state index contributed by atoms with van der Waals surface area (Å²) >= 11 is 0. The number of aryl methyl sites for hydroxylation is 1. The van der Waals surface area contributed by atoms with Gasteiger partial charge in [-0.3, -0.25) is 14.5 Å². The van der Waals surface area contributed by atoms with Gasteiger partial charge in [-0.1, -0.05) is 25.5 Å². The van der Waals surface area contributed by atoms with Crippen LogP contribution in [0.4, 0.5) is 5.69 Å². The van der Waals surface area contributed by atoms with Crippen LogP contribution in [0.25, 0.3) is 0 Å². The zero-order valence-electron chi connectivity index (χ0n) is 24.1. The minimum Gasteiger partial charge on any atom is -0.493 e. The Kier molecular flexibility index (Phi) is 9.28. The molecule has 1 amide bonds. The van der Waals surface area contributed by atoms with Crippen molar-refractivity contribution in [2.24, 2.45) is 11.7 Å². The van der Waals surface area contributed by atoms with Crippen LogP contribution < -0.4 is 24.8 Å². The van der Waals surface area contributed by atoms with Crippen LogP contribution >= 0.6 is 0 Å². The molecule has 42 heavy (non-hydrogen) atoms. The number of ether oxygens (including phenoxy) is 3. The number of hydrogen-bond acceptors (Lipinski definition) is 8. The molecule has 0 spiro atoms. The molecule has 1 saturated heterocycles. The summed E-state index contributed by atoms with van der Waals surface area (Å²) in [5.74, 6) is -0.574. The van der Waals surface area contributed by atoms with Crippen molar-refractivity contribution >= 4 is 17.6 Å². The van der Waals surface area contributed by atoms with Gasteiger partial charge in [0.15, 0.2) is 11.5 Å². The third kappa shape index (κ3) is 6.22. The molecular formula is C31H39N5O6. The predicted octanol–water partition coefficient (Wildman–Crippen LogP) is 3.47. The molecular weight excluding hydrogens is 538 g/mol. The summed E-state index contributed by atoms with van der Waals surface area (Å²) in [6.07, 6.45) is 7.60. The quantitative estimate of drug-likeness (QED) is 0.313. The Hall–Kier alpha value is -4.09. The lowest BCUT2D eigenvalue weighted by molar-refractivity contribution is -0.143. The molecule has 3 aromatic rings. The fourth-order valence-electron chi connectivity index (χ4n) is 6.08. The van der Waals surface area contributed by atoms with Crippen LogP contribution in [0.1, 0.15) is 43.2 Å². The monoisotopic (exact) mass is 577 g/mol. The number of carbonyl (C=O) groups excluding carboxylic acids is 1. The van der Waals surface area contributed by atoms with E-state index in [1.165, 1.54) is 0 Å². The molecule has 224 valence electrons. The van der Waals surface area contributed by atoms with Gasteiger partial charge in [0.2, 0.25) is 18.4 Å². The summed E-state index contributed by atoms with van der Waals surface area (Å²) in [7, 11) is 1.55. The van der Waals surface area contributed by atoms with Gasteiger partial charge in [0, 0.05) is 56.2 Å². The molecule has 1 unspecified atom stereocenters. The van der Waals surface area contributed by atoms with E-state index >= 15 is 0 Å². The van der Waals surface area contributed by atoms with Gasteiger partial charge in [0.05, 0.1) is 25.9 Å². The summed E-state index contributed by atoms with van der Waals surface area (Å²) in [5.41, 5.74) is 8.42. The average Bonchev–Trinajstić information content (AvgIpc) is 3.76. The van der Waals surface area contributed by atoms with Gasteiger partial charge in [-0.25, -0.2) is 4.98 Å². The number of likely N-dealkylation sites (tertiary alicyclic amines) is 1. The highest BCUT2D eigenvalue weighted by Gasteiger charge is 2.47. The van der Waals surface area contributed by atoms with E-state index in [4.69, 9.17) is 19.9 Å². The van der Waals surface area contributed by atoms with Crippen LogP contribution in [0.2, 0.25) is 0 Å². The van der Waals surface area contributed by atoms with Crippen molar-refractivity contribution in [2.45, 2.75) is 51.2 Å². The number of methoxy groups -OCH3 is 1. The van der Waals surface area contributed by atoms with Crippen molar-refractivity contribution in [3.63, 3.8) is 0 Å². The van der Waals surface area contributed by atoms with Crippen molar-refractivity contribution in [2.75, 3.05) is 38.4 Å². The lowest BCUT2D eigenvalue weighted by atomic mass is 9.84. The zero-order chi connectivity index (χ0) is 29.6. The molecule has 3 N–H and O–H groups in total. The zero-order valence-corrected chi connectivity index (χ0v) is 24.1. The number of anilines is 1. The normalized spacial score (nSPS) is 19.6. The minimum atomic E-state index is -0.902. The van der Waals surface area contributed by atoms with E-state index in [0.29, 0.717) is 49.8 Å². The maximum atomic E-state index is 14.0. The Bertz CT molecular complexity index is 1380. The lowest BCUT2D eigenvalue weighted by Crippen LogP contribution is -2.45. The average molecular weight is 578 g/mol. The van der Waals surface area contributed by atoms with Gasteiger partial charge < -0.3 is 34.5 Å². The number of rotatable bonds is 13. The first kappa shape index (κ1) is 29.4. The lowest BCUT2D eigenvalue weighted by Gasteiger charge is -2.30. The fraction of sp³-hybridized carbons (Fsp3) is 0.452. The summed E-state index contributed by atoms with van der Waals surface area (Å²) in [4.78, 5) is 34.9. The van der Waals surface area contributed by atoms with Gasteiger partial charge in [-0.15, -0.1) is 0 Å². The first-order valence-corrected chi connectivity index (χ1v) is 14.4. The van der Waals surface area contributed by atoms with Gasteiger partial charge >= 0.3 is 5.97 Å². The molecule has 2 aliphatic rings. The molecule has 0 radical (unpaired) electrons. The van der Waals surface area contributed by atoms with Crippen molar-refractivity contribution in [1.82, 2.24) is 14.5 Å². The maximum absolute atomic E-state index is 14.0. The third-order valence-electron chi connectivity index (χ3n) is 8.22. The molecule has 1 aromatic heterocycles. The van der Waals surface area contributed by atoms with E-state index in [2.05, 4.69) is 11.9 Å². The number of nitrogens with zero attached hydrogens (tertiary/aromatic N) is 4. The Morgan fingerprint density at radius 1 is 1.24 bits per heavy atom. The van der Waals surface area contributed by atoms with Crippen LogP contribution in [0, 0.1) is 5.92 Å². The van der Waals surface area contributed by atoms with Crippen LogP contribution in [0.15, 0.2) is 55.1 Å². The van der Waals surface area contributed by atoms with Crippen LogP contribution in [-0.4, -0.2) is 71.0 Å². The van der Waals surface area contributed by atoms with E-state index in [1.54, 1.807) is 19.6 Å². The van der Waals surface area contributed by atoms with Crippen LogP contribution in [0.5, 0.6) is 17.2 Å². The molecule has 5 rings (SSSR count). The number of aromatic nitrogens is 2. The van der Waals surface area contributed by atoms with Crippen molar-refractivity contribution in [1.29, 1.82) is 0 Å². The molecule has 3 atom stereocenters. The number of carboxylic acid groups (broad SMARTS) is 1. The molecule has 0 saturated carbocycles. The molecule has 3 heterocycles. The number of unbranched alkanes of at least 4 members (excludes halogenated alkanes) is 1. The number of benzene rings is 2. The van der Waals surface area contributed by atoms with E-state index < -0.39 is 23.8 Å². The van der Waals surface area contributed by atoms with E-state index in [0.717, 1.165) is 29.7 Å². The molecule has 2 aromatic carbocycles. The second-order valence-electron chi connectivity index (χ2n) is 10.8. The second kappa shape index (κ2) is 13.3. The number of amides is 1. The number of carboxylic acids is 1. The highest BCUT2D eigenvalue weighted by Crippen LogP contribution is 2.47. The molecule has 2 aliphatic heterocycles. The van der Waals surface area contributed by atoms with Crippen molar-refractivity contribution in [3.05, 3.63) is 66.2 Å². The van der Waals surface area contributed by atoms with Gasteiger partial charge in [-0.2, -0.15) is 0 Å². The summed E-state index contributed by atoms with van der Waals surface area (Å²) in [5, 5.41) is 10.6. The first-order valence-electron chi connectivity index (χ1n) is 14.4. The fourth-order valence-corrected chi connectivity index (χ4v) is 6.08. The minimum absolute atomic E-state index is 0.0710. The summed E-state index contributed by atoms with van der Waals surface area (Å²) in [6.45, 7) is 4.18. The molecule has 0 aliphatic carbocycles. The number of fused-ring (bicyclic) bond motifs is 1. The molecule has 11 heteroatoms. The smallest absolute Gasteiger partial charge is 0.308 e. The Labute approximate surface area is 245 Å². The number of imidazole rings is 1. The number of nitrogens with two attached hydrogens (primary N) is 1. The van der Waals surface area contributed by atoms with Crippen LogP contribution in [0.3, 0.4) is 0 Å². The van der Waals surface area contributed by atoms with Crippen LogP contribution in [-0.2, 0) is 22.7 Å². The topological polar surface area (TPSA) is 132 Å². The van der Waals surface area contributed by atoms with E-state index in [-0.39, 0.29) is 19.2 Å². The van der Waals surface area contributed by atoms with E-state index in [1.807, 2.05) is 57.0 Å². The highest BCUT2D eigenvalue weighted by atomic mass is 16.7. The molecule has 11 nitrogen and oxygen atoms in total. The molecule has 1 fully saturated rings. The third-order valence-corrected chi connectivity index (χ3v) is 8.22. The second-order valence-corrected chi connectivity index (χ2v) is 10.8. The number of hydrogen-bond donors (Lipinski definition) is 2. The first-order chi connectivity index (χ1) is 20.4. The van der Waals surface area contributed by atoms with E-state index in [9.17, 15) is 14.7 Å². The Balaban J connectivity index is 1.47. The largest absolute Gasteiger partial charge is 0.493 e. The summed E-state index contributed by atoms with van der Waals surface area (Å²) < 4.78 is 18.7. The van der Waals surface area contributed by atoms with Crippen molar-refractivity contribution < 1.29 is 28.9 Å². The maximum Gasteiger partial charge on any atom is 0.308 e. The Morgan fingerprint density at radius 2 is 2.10 bits per heavy atom. The number of aliphatic carboxylic acids is 1.